The average Bonchev–Trinajstić information content (AvgIpc) is 2.55. The number of carbonyl (C=O) groups excluding carboxylic acids is 1. The van der Waals surface area contributed by atoms with Crippen LogP contribution in [0.15, 0.2) is 48.5 Å². The zero-order chi connectivity index (χ0) is 16.8. The molecule has 3 nitrogen and oxygen atoms in total. The second-order valence-corrected chi connectivity index (χ2v) is 5.83. The molecule has 0 aliphatic carbocycles. The molecule has 0 heterocycles. The molecule has 2 rings (SSSR count). The van der Waals surface area contributed by atoms with Gasteiger partial charge in [0.2, 0.25) is 0 Å². The van der Waals surface area contributed by atoms with Crippen LogP contribution in [0.25, 0.3) is 0 Å². The largest absolute Gasteiger partial charge is 0.294 e. The molecule has 0 saturated carbocycles. The first kappa shape index (κ1) is 16.7. The van der Waals surface area contributed by atoms with E-state index in [1.54, 1.807) is 24.3 Å². The molecule has 0 aromatic heterocycles. The molecule has 114 valence electrons. The highest BCUT2D eigenvalue weighted by Gasteiger charge is 2.26. The summed E-state index contributed by atoms with van der Waals surface area (Å²) in [5.41, 5.74) is 2.39. The third-order valence-electron chi connectivity index (χ3n) is 3.72. The van der Waals surface area contributed by atoms with Crippen molar-refractivity contribution in [2.24, 2.45) is 5.92 Å². The van der Waals surface area contributed by atoms with Crippen LogP contribution in [0.5, 0.6) is 0 Å². The van der Waals surface area contributed by atoms with Crippen molar-refractivity contribution in [2.75, 3.05) is 0 Å². The van der Waals surface area contributed by atoms with Crippen LogP contribution >= 0.6 is 11.6 Å². The van der Waals surface area contributed by atoms with Crippen molar-refractivity contribution < 1.29 is 4.79 Å². The number of hydrogen-bond donors (Lipinski definition) is 0. The Bertz CT molecular complexity index is 770. The normalized spacial score (nSPS) is 11.5. The summed E-state index contributed by atoms with van der Waals surface area (Å²) < 4.78 is 0. The van der Waals surface area contributed by atoms with Crippen LogP contribution in [0.3, 0.4) is 0 Å². The fourth-order valence-corrected chi connectivity index (χ4v) is 2.62. The summed E-state index contributed by atoms with van der Waals surface area (Å²) in [6.45, 7) is 1.94. The number of halogens is 1. The van der Waals surface area contributed by atoms with Gasteiger partial charge < -0.3 is 0 Å². The highest BCUT2D eigenvalue weighted by Crippen LogP contribution is 2.30. The molecule has 4 heteroatoms. The molecule has 2 aromatic carbocycles. The molecule has 1 atom stereocenters. The number of rotatable bonds is 5. The lowest BCUT2D eigenvalue weighted by Crippen LogP contribution is -2.15. The van der Waals surface area contributed by atoms with E-state index in [9.17, 15) is 15.3 Å². The second-order valence-electron chi connectivity index (χ2n) is 5.39. The predicted molar refractivity (Wildman–Crippen MR) is 89.0 cm³/mol. The molecule has 0 fully saturated rings. The van der Waals surface area contributed by atoms with Gasteiger partial charge in [0.25, 0.3) is 0 Å². The number of benzene rings is 2. The Balaban J connectivity index is 2.32. The topological polar surface area (TPSA) is 64.7 Å². The van der Waals surface area contributed by atoms with Crippen molar-refractivity contribution in [1.82, 2.24) is 0 Å². The first-order valence-electron chi connectivity index (χ1n) is 7.19. The van der Waals surface area contributed by atoms with Crippen LogP contribution in [-0.4, -0.2) is 5.78 Å². The molecule has 0 N–H and O–H groups in total. The maximum absolute atomic E-state index is 12.5. The summed E-state index contributed by atoms with van der Waals surface area (Å²) in [6.07, 6.45) is 0.108. The van der Waals surface area contributed by atoms with Crippen molar-refractivity contribution in [2.45, 2.75) is 19.3 Å². The first-order chi connectivity index (χ1) is 11.0. The van der Waals surface area contributed by atoms with E-state index in [0.717, 1.165) is 11.1 Å². The molecule has 0 amide bonds. The highest BCUT2D eigenvalue weighted by molar-refractivity contribution is 6.30. The molecule has 0 bridgehead atoms. The van der Waals surface area contributed by atoms with Gasteiger partial charge in [0.1, 0.15) is 5.92 Å². The summed E-state index contributed by atoms with van der Waals surface area (Å²) >= 11 is 5.83. The zero-order valence-electron chi connectivity index (χ0n) is 12.7. The van der Waals surface area contributed by atoms with Gasteiger partial charge in [-0.15, -0.1) is 0 Å². The van der Waals surface area contributed by atoms with E-state index in [2.05, 4.69) is 0 Å². The molecule has 0 aliphatic rings. The highest BCUT2D eigenvalue weighted by atomic mass is 35.5. The minimum atomic E-state index is -0.868. The van der Waals surface area contributed by atoms with Gasteiger partial charge in [-0.1, -0.05) is 41.4 Å². The van der Waals surface area contributed by atoms with Crippen molar-refractivity contribution in [3.05, 3.63) is 70.2 Å². The van der Waals surface area contributed by atoms with Gasteiger partial charge in [0.15, 0.2) is 5.78 Å². The Hall–Kier alpha value is -2.62. The molecule has 0 saturated heterocycles. The standard InChI is InChI=1S/C19H15ClN2O/c1-13-3-2-4-15(9-13)18(16(11-21)12-22)10-19(23)14-5-7-17(20)8-6-14/h2-9,16,18H,10H2,1H3. The Morgan fingerprint density at radius 2 is 1.78 bits per heavy atom. The molecule has 23 heavy (non-hydrogen) atoms. The van der Waals surface area contributed by atoms with Crippen molar-refractivity contribution >= 4 is 17.4 Å². The number of carbonyl (C=O) groups is 1. The Morgan fingerprint density at radius 3 is 2.35 bits per heavy atom. The first-order valence-corrected chi connectivity index (χ1v) is 7.57. The third kappa shape index (κ3) is 4.19. The van der Waals surface area contributed by atoms with Crippen LogP contribution in [0, 0.1) is 35.5 Å². The number of nitrogens with zero attached hydrogens (tertiary/aromatic N) is 2. The summed E-state index contributed by atoms with van der Waals surface area (Å²) in [6, 6.07) is 18.2. The van der Waals surface area contributed by atoms with E-state index in [-0.39, 0.29) is 12.2 Å². The fourth-order valence-electron chi connectivity index (χ4n) is 2.49. The van der Waals surface area contributed by atoms with E-state index < -0.39 is 11.8 Å². The molecular formula is C19H15ClN2O. The maximum atomic E-state index is 12.5. The lowest BCUT2D eigenvalue weighted by Gasteiger charge is -2.18. The number of nitriles is 2. The van der Waals surface area contributed by atoms with Crippen LogP contribution < -0.4 is 0 Å². The SMILES string of the molecule is Cc1cccc(C(CC(=O)c2ccc(Cl)cc2)C(C#N)C#N)c1. The second kappa shape index (κ2) is 7.58. The molecule has 2 aromatic rings. The maximum Gasteiger partial charge on any atom is 0.163 e. The number of ketones is 1. The quantitative estimate of drug-likeness (QED) is 0.751. The number of hydrogen-bond acceptors (Lipinski definition) is 3. The Labute approximate surface area is 140 Å². The number of Topliss-reactive ketones (excluding diaryl/α,β-unsaturated/α-hetero) is 1. The smallest absolute Gasteiger partial charge is 0.163 e. The lowest BCUT2D eigenvalue weighted by molar-refractivity contribution is 0.0971. The molecule has 0 spiro atoms. The van der Waals surface area contributed by atoms with Gasteiger partial charge in [-0.3, -0.25) is 4.79 Å². The lowest BCUT2D eigenvalue weighted by atomic mass is 9.82. The van der Waals surface area contributed by atoms with E-state index in [4.69, 9.17) is 11.6 Å². The predicted octanol–water partition coefficient (Wildman–Crippen LogP) is 4.67. The molecular weight excluding hydrogens is 308 g/mol. The van der Waals surface area contributed by atoms with E-state index in [1.165, 1.54) is 0 Å². The summed E-state index contributed by atoms with van der Waals surface area (Å²) in [5, 5.41) is 19.1. The number of aryl methyl sites for hydroxylation is 1. The van der Waals surface area contributed by atoms with Crippen molar-refractivity contribution in [1.29, 1.82) is 10.5 Å². The van der Waals surface area contributed by atoms with Gasteiger partial charge in [-0.2, -0.15) is 10.5 Å². The van der Waals surface area contributed by atoms with Crippen molar-refractivity contribution in [3.63, 3.8) is 0 Å². The third-order valence-corrected chi connectivity index (χ3v) is 3.97. The van der Waals surface area contributed by atoms with E-state index >= 15 is 0 Å². The van der Waals surface area contributed by atoms with E-state index in [1.807, 2.05) is 43.3 Å². The van der Waals surface area contributed by atoms with Gasteiger partial charge >= 0.3 is 0 Å². The fraction of sp³-hybridized carbons (Fsp3) is 0.211. The zero-order valence-corrected chi connectivity index (χ0v) is 13.4. The van der Waals surface area contributed by atoms with Gasteiger partial charge in [-0.25, -0.2) is 0 Å². The van der Waals surface area contributed by atoms with Crippen LogP contribution in [0.2, 0.25) is 5.02 Å². The molecule has 0 aliphatic heterocycles. The van der Waals surface area contributed by atoms with Crippen LogP contribution in [0.4, 0.5) is 0 Å². The minimum Gasteiger partial charge on any atom is -0.294 e. The van der Waals surface area contributed by atoms with Crippen molar-refractivity contribution in [3.8, 4) is 12.1 Å². The summed E-state index contributed by atoms with van der Waals surface area (Å²) in [4.78, 5) is 12.5. The Morgan fingerprint density at radius 1 is 1.13 bits per heavy atom. The Kier molecular flexibility index (Phi) is 5.52. The molecule has 1 unspecified atom stereocenters. The minimum absolute atomic E-state index is 0.108. The van der Waals surface area contributed by atoms with Gasteiger partial charge in [0.05, 0.1) is 12.1 Å². The summed E-state index contributed by atoms with van der Waals surface area (Å²) in [7, 11) is 0. The van der Waals surface area contributed by atoms with E-state index in [0.29, 0.717) is 10.6 Å². The van der Waals surface area contributed by atoms with Gasteiger partial charge in [-0.05, 0) is 36.8 Å². The average molecular weight is 323 g/mol. The summed E-state index contributed by atoms with van der Waals surface area (Å²) in [5.74, 6) is -1.43. The van der Waals surface area contributed by atoms with Gasteiger partial charge in [0, 0.05) is 22.9 Å². The monoisotopic (exact) mass is 322 g/mol. The molecule has 0 radical (unpaired) electrons. The van der Waals surface area contributed by atoms with Crippen LogP contribution in [0.1, 0.15) is 33.8 Å². The van der Waals surface area contributed by atoms with Crippen LogP contribution in [-0.2, 0) is 0 Å².